The fourth-order valence-corrected chi connectivity index (χ4v) is 5.10. The third-order valence-electron chi connectivity index (χ3n) is 5.09. The Hall–Kier alpha value is -3.42. The molecular formula is C23H17ClN4O2S. The molecule has 0 spiro atoms. The molecule has 2 aromatic carbocycles. The molecular weight excluding hydrogens is 432 g/mol. The minimum Gasteiger partial charge on any atom is -0.497 e. The number of nitrogens with zero attached hydrogens (tertiary/aromatic N) is 3. The van der Waals surface area contributed by atoms with E-state index >= 15 is 0 Å². The van der Waals surface area contributed by atoms with Crippen molar-refractivity contribution in [3.8, 4) is 39.0 Å². The molecule has 0 fully saturated rings. The number of aromatic nitrogens is 4. The molecule has 8 heteroatoms. The molecule has 3 heterocycles. The third kappa shape index (κ3) is 3.32. The van der Waals surface area contributed by atoms with E-state index in [-0.39, 0.29) is 5.56 Å². The largest absolute Gasteiger partial charge is 0.497 e. The fraction of sp³-hybridized carbons (Fsp3) is 0.0870. The zero-order chi connectivity index (χ0) is 21.5. The number of hydrogen-bond donors (Lipinski definition) is 1. The Morgan fingerprint density at radius 2 is 1.90 bits per heavy atom. The number of imidazole rings is 1. The van der Waals surface area contributed by atoms with Crippen LogP contribution in [0.2, 0.25) is 5.02 Å². The lowest BCUT2D eigenvalue weighted by molar-refractivity contribution is 0.415. The van der Waals surface area contributed by atoms with Crippen molar-refractivity contribution in [3.05, 3.63) is 76.3 Å². The molecule has 0 aliphatic carbocycles. The number of methoxy groups -OCH3 is 1. The maximum absolute atomic E-state index is 13.3. The first-order valence-electron chi connectivity index (χ1n) is 9.50. The van der Waals surface area contributed by atoms with Gasteiger partial charge in [-0.3, -0.25) is 4.79 Å². The Morgan fingerprint density at radius 1 is 1.13 bits per heavy atom. The van der Waals surface area contributed by atoms with Crippen LogP contribution in [0.4, 0.5) is 0 Å². The predicted molar refractivity (Wildman–Crippen MR) is 125 cm³/mol. The summed E-state index contributed by atoms with van der Waals surface area (Å²) in [5.74, 6) is 1.77. The van der Waals surface area contributed by atoms with Crippen molar-refractivity contribution in [2.75, 3.05) is 7.11 Å². The van der Waals surface area contributed by atoms with Crippen molar-refractivity contribution < 1.29 is 4.74 Å². The normalized spacial score (nSPS) is 11.2. The minimum atomic E-state index is -0.219. The van der Waals surface area contributed by atoms with Crippen LogP contribution in [0, 0.1) is 0 Å². The van der Waals surface area contributed by atoms with Crippen LogP contribution < -0.4 is 10.3 Å². The standard InChI is InChI=1S/C23H17ClN4O2S/c1-28-12-11-25-21(28)20-26-22(29)18-17(13-7-9-14(30-2)10-8-13)19(31-23(18)27-20)15-5-3-4-6-16(15)24/h3-12H,1-2H3,(H,26,27,29). The summed E-state index contributed by atoms with van der Waals surface area (Å²) in [5.41, 5.74) is 2.33. The lowest BCUT2D eigenvalue weighted by Crippen LogP contribution is -2.10. The summed E-state index contributed by atoms with van der Waals surface area (Å²) in [5, 5.41) is 1.15. The van der Waals surface area contributed by atoms with Crippen molar-refractivity contribution in [1.82, 2.24) is 19.5 Å². The smallest absolute Gasteiger partial charge is 0.260 e. The number of hydrogen-bond acceptors (Lipinski definition) is 5. The first kappa shape index (κ1) is 19.5. The van der Waals surface area contributed by atoms with E-state index in [0.717, 1.165) is 27.3 Å². The van der Waals surface area contributed by atoms with Crippen molar-refractivity contribution in [2.45, 2.75) is 0 Å². The molecule has 154 valence electrons. The highest BCUT2D eigenvalue weighted by atomic mass is 35.5. The van der Waals surface area contributed by atoms with Gasteiger partial charge in [-0.15, -0.1) is 11.3 Å². The highest BCUT2D eigenvalue weighted by Gasteiger charge is 2.22. The molecule has 0 atom stereocenters. The number of benzene rings is 2. The fourth-order valence-electron chi connectivity index (χ4n) is 3.58. The summed E-state index contributed by atoms with van der Waals surface area (Å²) in [4.78, 5) is 26.8. The summed E-state index contributed by atoms with van der Waals surface area (Å²) in [6, 6.07) is 15.2. The minimum absolute atomic E-state index is 0.219. The van der Waals surface area contributed by atoms with Crippen LogP contribution in [0.25, 0.3) is 43.4 Å². The van der Waals surface area contributed by atoms with E-state index in [1.165, 1.54) is 11.3 Å². The Bertz CT molecular complexity index is 1470. The number of aryl methyl sites for hydroxylation is 1. The average molecular weight is 449 g/mol. The SMILES string of the molecule is COc1ccc(-c2c(-c3ccccc3Cl)sc3nc(-c4nccn4C)[nH]c(=O)c23)cc1. The number of ether oxygens (including phenoxy) is 1. The topological polar surface area (TPSA) is 72.8 Å². The van der Waals surface area contributed by atoms with Crippen molar-refractivity contribution in [1.29, 1.82) is 0 Å². The van der Waals surface area contributed by atoms with Gasteiger partial charge in [-0.05, 0) is 23.8 Å². The van der Waals surface area contributed by atoms with Crippen LogP contribution in [-0.2, 0) is 7.05 Å². The molecule has 0 saturated heterocycles. The quantitative estimate of drug-likeness (QED) is 0.400. The van der Waals surface area contributed by atoms with Crippen molar-refractivity contribution >= 4 is 33.2 Å². The summed E-state index contributed by atoms with van der Waals surface area (Å²) in [6.07, 6.45) is 3.48. The molecule has 5 aromatic rings. The summed E-state index contributed by atoms with van der Waals surface area (Å²) in [6.45, 7) is 0. The Balaban J connectivity index is 1.83. The van der Waals surface area contributed by atoms with E-state index in [0.29, 0.717) is 26.9 Å². The summed E-state index contributed by atoms with van der Waals surface area (Å²) < 4.78 is 7.11. The van der Waals surface area contributed by atoms with Crippen LogP contribution in [0.15, 0.2) is 65.7 Å². The van der Waals surface area contributed by atoms with Crippen LogP contribution >= 0.6 is 22.9 Å². The molecule has 3 aromatic heterocycles. The van der Waals surface area contributed by atoms with Gasteiger partial charge in [-0.25, -0.2) is 9.97 Å². The number of aromatic amines is 1. The van der Waals surface area contributed by atoms with Gasteiger partial charge in [0.15, 0.2) is 11.6 Å². The number of H-pyrrole nitrogens is 1. The van der Waals surface area contributed by atoms with Gasteiger partial charge >= 0.3 is 0 Å². The second kappa shape index (κ2) is 7.68. The molecule has 1 N–H and O–H groups in total. The first-order valence-corrected chi connectivity index (χ1v) is 10.7. The van der Waals surface area contributed by atoms with Crippen LogP contribution in [0.1, 0.15) is 0 Å². The monoisotopic (exact) mass is 448 g/mol. The zero-order valence-corrected chi connectivity index (χ0v) is 18.3. The van der Waals surface area contributed by atoms with Gasteiger partial charge in [0.25, 0.3) is 5.56 Å². The van der Waals surface area contributed by atoms with Gasteiger partial charge in [0.05, 0.1) is 12.5 Å². The molecule has 5 rings (SSSR count). The van der Waals surface area contributed by atoms with Crippen LogP contribution in [0.3, 0.4) is 0 Å². The highest BCUT2D eigenvalue weighted by Crippen LogP contribution is 2.45. The first-order chi connectivity index (χ1) is 15.1. The van der Waals surface area contributed by atoms with Gasteiger partial charge < -0.3 is 14.3 Å². The van der Waals surface area contributed by atoms with Gasteiger partial charge in [0.1, 0.15) is 10.6 Å². The second-order valence-electron chi connectivity index (χ2n) is 6.97. The van der Waals surface area contributed by atoms with Gasteiger partial charge in [0.2, 0.25) is 0 Å². The predicted octanol–water partition coefficient (Wildman–Crippen LogP) is 5.38. The lowest BCUT2D eigenvalue weighted by atomic mass is 10.00. The lowest BCUT2D eigenvalue weighted by Gasteiger charge is -2.08. The Morgan fingerprint density at radius 3 is 2.58 bits per heavy atom. The zero-order valence-electron chi connectivity index (χ0n) is 16.7. The third-order valence-corrected chi connectivity index (χ3v) is 6.54. The van der Waals surface area contributed by atoms with E-state index < -0.39 is 0 Å². The molecule has 6 nitrogen and oxygen atoms in total. The van der Waals surface area contributed by atoms with Crippen molar-refractivity contribution in [2.24, 2.45) is 7.05 Å². The van der Waals surface area contributed by atoms with E-state index in [2.05, 4.69) is 9.97 Å². The highest BCUT2D eigenvalue weighted by molar-refractivity contribution is 7.22. The molecule has 0 radical (unpaired) electrons. The number of nitrogens with one attached hydrogen (secondary N) is 1. The summed E-state index contributed by atoms with van der Waals surface area (Å²) in [7, 11) is 3.48. The van der Waals surface area contributed by atoms with E-state index in [9.17, 15) is 4.79 Å². The van der Waals surface area contributed by atoms with Crippen LogP contribution in [-0.4, -0.2) is 26.6 Å². The summed E-state index contributed by atoms with van der Waals surface area (Å²) >= 11 is 7.98. The number of rotatable bonds is 4. The molecule has 0 unspecified atom stereocenters. The number of fused-ring (bicyclic) bond motifs is 1. The van der Waals surface area contributed by atoms with Gasteiger partial charge in [-0.2, -0.15) is 0 Å². The Labute approximate surface area is 186 Å². The number of halogens is 1. The Kier molecular flexibility index (Phi) is 4.84. The second-order valence-corrected chi connectivity index (χ2v) is 8.38. The molecule has 31 heavy (non-hydrogen) atoms. The van der Waals surface area contributed by atoms with Crippen LogP contribution in [0.5, 0.6) is 5.75 Å². The van der Waals surface area contributed by atoms with Crippen molar-refractivity contribution in [3.63, 3.8) is 0 Å². The average Bonchev–Trinajstić information content (AvgIpc) is 3.38. The van der Waals surface area contributed by atoms with E-state index in [1.807, 2.05) is 66.3 Å². The molecule has 0 aliphatic rings. The molecule has 0 amide bonds. The molecule has 0 saturated carbocycles. The van der Waals surface area contributed by atoms with Gasteiger partial charge in [0, 0.05) is 40.5 Å². The van der Waals surface area contributed by atoms with E-state index in [1.54, 1.807) is 13.3 Å². The molecule has 0 aliphatic heterocycles. The maximum Gasteiger partial charge on any atom is 0.260 e. The molecule has 0 bridgehead atoms. The van der Waals surface area contributed by atoms with E-state index in [4.69, 9.17) is 21.3 Å². The van der Waals surface area contributed by atoms with Gasteiger partial charge in [-0.1, -0.05) is 41.9 Å². The maximum atomic E-state index is 13.3. The number of thiophene rings is 1.